The Labute approximate surface area is 187 Å². The quantitative estimate of drug-likeness (QED) is 0.732. The molecule has 5 nitrogen and oxygen atoms in total. The summed E-state index contributed by atoms with van der Waals surface area (Å²) in [7, 11) is -2.75. The standard InChI is InChI=1S/C25H35NO4Si/c1-24(2,3)29-23(28)26-18-19(17-22(26)27)30-31(25(4,5)6,20-13-9-7-10-14-20)21-15-11-8-12-16-21/h7-16,19,22,27H,17-18H2,1-6H3/t19-,22?/m1/s1. The Balaban J connectivity index is 1.98. The van der Waals surface area contributed by atoms with Crippen molar-refractivity contribution >= 4 is 24.8 Å². The van der Waals surface area contributed by atoms with Crippen LogP contribution in [0, 0.1) is 0 Å². The molecular formula is C25H35NO4Si. The molecule has 31 heavy (non-hydrogen) atoms. The number of benzene rings is 2. The molecule has 1 unspecified atom stereocenters. The summed E-state index contributed by atoms with van der Waals surface area (Å²) in [6.45, 7) is 12.4. The zero-order chi connectivity index (χ0) is 22.9. The summed E-state index contributed by atoms with van der Waals surface area (Å²) in [6, 6.07) is 20.8. The van der Waals surface area contributed by atoms with E-state index in [1.807, 2.05) is 57.2 Å². The Bertz CT molecular complexity index is 834. The van der Waals surface area contributed by atoms with E-state index in [0.29, 0.717) is 13.0 Å². The highest BCUT2D eigenvalue weighted by Crippen LogP contribution is 2.39. The van der Waals surface area contributed by atoms with E-state index in [-0.39, 0.29) is 11.1 Å². The molecule has 2 aromatic rings. The Kier molecular flexibility index (Phi) is 6.65. The molecule has 168 valence electrons. The molecule has 1 fully saturated rings. The van der Waals surface area contributed by atoms with E-state index in [9.17, 15) is 9.90 Å². The Hall–Kier alpha value is -2.15. The van der Waals surface area contributed by atoms with Gasteiger partial charge in [0.15, 0.2) is 0 Å². The van der Waals surface area contributed by atoms with Crippen molar-refractivity contribution in [2.24, 2.45) is 0 Å². The van der Waals surface area contributed by atoms with Crippen molar-refractivity contribution in [3.63, 3.8) is 0 Å². The van der Waals surface area contributed by atoms with Gasteiger partial charge in [0.25, 0.3) is 8.32 Å². The third-order valence-corrected chi connectivity index (χ3v) is 10.7. The number of hydrogen-bond donors (Lipinski definition) is 1. The molecule has 0 bridgehead atoms. The van der Waals surface area contributed by atoms with E-state index in [2.05, 4.69) is 45.0 Å². The first-order valence-electron chi connectivity index (χ1n) is 10.9. The summed E-state index contributed by atoms with van der Waals surface area (Å²) in [5.74, 6) is 0. The van der Waals surface area contributed by atoms with Crippen LogP contribution in [-0.4, -0.2) is 48.9 Å². The van der Waals surface area contributed by atoms with Gasteiger partial charge >= 0.3 is 6.09 Å². The van der Waals surface area contributed by atoms with Gasteiger partial charge in [0.05, 0.1) is 12.6 Å². The van der Waals surface area contributed by atoms with Crippen molar-refractivity contribution < 1.29 is 19.1 Å². The molecule has 0 spiro atoms. The summed E-state index contributed by atoms with van der Waals surface area (Å²) in [5, 5.41) is 12.8. The van der Waals surface area contributed by atoms with Gasteiger partial charge in [-0.25, -0.2) is 4.79 Å². The van der Waals surface area contributed by atoms with Crippen LogP contribution in [0.2, 0.25) is 5.04 Å². The number of carbonyl (C=O) groups excluding carboxylic acids is 1. The van der Waals surface area contributed by atoms with Crippen LogP contribution in [0.4, 0.5) is 4.79 Å². The molecule has 0 aromatic heterocycles. The SMILES string of the molecule is CC(C)(C)OC(=O)N1C[C@H](O[Si](c2ccccc2)(c2ccccc2)C(C)(C)C)CC1O. The molecule has 0 aliphatic carbocycles. The fraction of sp³-hybridized carbons (Fsp3) is 0.480. The molecule has 3 rings (SSSR count). The van der Waals surface area contributed by atoms with Gasteiger partial charge in [0.1, 0.15) is 11.8 Å². The first-order valence-corrected chi connectivity index (χ1v) is 12.8. The second-order valence-corrected chi connectivity index (χ2v) is 14.5. The lowest BCUT2D eigenvalue weighted by Crippen LogP contribution is -2.67. The van der Waals surface area contributed by atoms with Gasteiger partial charge in [-0.05, 0) is 36.2 Å². The summed E-state index contributed by atoms with van der Waals surface area (Å²) in [5.41, 5.74) is -0.617. The van der Waals surface area contributed by atoms with Crippen LogP contribution >= 0.6 is 0 Å². The molecule has 1 N–H and O–H groups in total. The third-order valence-electron chi connectivity index (χ3n) is 5.62. The summed E-state index contributed by atoms with van der Waals surface area (Å²) in [4.78, 5) is 14.0. The zero-order valence-electron chi connectivity index (χ0n) is 19.5. The molecule has 2 aromatic carbocycles. The molecule has 0 radical (unpaired) electrons. The third kappa shape index (κ3) is 5.02. The van der Waals surface area contributed by atoms with E-state index in [4.69, 9.17) is 9.16 Å². The molecule has 1 heterocycles. The van der Waals surface area contributed by atoms with Crippen molar-refractivity contribution in [1.29, 1.82) is 0 Å². The number of carbonyl (C=O) groups is 1. The number of aliphatic hydroxyl groups is 1. The molecule has 1 aliphatic rings. The van der Waals surface area contributed by atoms with Gasteiger partial charge in [-0.15, -0.1) is 0 Å². The lowest BCUT2D eigenvalue weighted by Gasteiger charge is -2.44. The van der Waals surface area contributed by atoms with Crippen LogP contribution in [0.25, 0.3) is 0 Å². The van der Waals surface area contributed by atoms with Gasteiger partial charge in [-0.1, -0.05) is 81.4 Å². The monoisotopic (exact) mass is 441 g/mol. The topological polar surface area (TPSA) is 59.0 Å². The van der Waals surface area contributed by atoms with E-state index in [1.165, 1.54) is 15.3 Å². The van der Waals surface area contributed by atoms with E-state index < -0.39 is 26.2 Å². The number of aliphatic hydroxyl groups excluding tert-OH is 1. The molecule has 1 amide bonds. The summed E-state index contributed by atoms with van der Waals surface area (Å²) >= 11 is 0. The van der Waals surface area contributed by atoms with Crippen LogP contribution < -0.4 is 10.4 Å². The van der Waals surface area contributed by atoms with Crippen molar-refractivity contribution in [3.05, 3.63) is 60.7 Å². The maximum atomic E-state index is 12.6. The maximum absolute atomic E-state index is 12.6. The maximum Gasteiger partial charge on any atom is 0.412 e. The van der Waals surface area contributed by atoms with Crippen molar-refractivity contribution in [1.82, 2.24) is 4.90 Å². The summed E-state index contributed by atoms with van der Waals surface area (Å²) < 4.78 is 12.5. The highest BCUT2D eigenvalue weighted by atomic mass is 28.4. The highest BCUT2D eigenvalue weighted by molar-refractivity contribution is 6.99. The van der Waals surface area contributed by atoms with E-state index in [0.717, 1.165) is 0 Å². The van der Waals surface area contributed by atoms with Crippen LogP contribution in [0.15, 0.2) is 60.7 Å². The summed E-state index contributed by atoms with van der Waals surface area (Å²) in [6.07, 6.45) is -1.34. The average molecular weight is 442 g/mol. The average Bonchev–Trinajstić information content (AvgIpc) is 3.05. The second kappa shape index (κ2) is 8.77. The minimum Gasteiger partial charge on any atom is -0.444 e. The van der Waals surface area contributed by atoms with Crippen molar-refractivity contribution in [2.45, 2.75) is 70.9 Å². The van der Waals surface area contributed by atoms with Crippen molar-refractivity contribution in [3.8, 4) is 0 Å². The fourth-order valence-corrected chi connectivity index (χ4v) is 9.01. The van der Waals surface area contributed by atoms with Gasteiger partial charge in [0.2, 0.25) is 0 Å². The largest absolute Gasteiger partial charge is 0.444 e. The number of nitrogens with zero attached hydrogens (tertiary/aromatic N) is 1. The molecule has 2 atom stereocenters. The van der Waals surface area contributed by atoms with Crippen molar-refractivity contribution in [2.75, 3.05) is 6.54 Å². The number of ether oxygens (including phenoxy) is 1. The van der Waals surface area contributed by atoms with Crippen LogP contribution in [0.5, 0.6) is 0 Å². The Morgan fingerprint density at radius 2 is 1.42 bits per heavy atom. The Morgan fingerprint density at radius 1 is 0.935 bits per heavy atom. The van der Waals surface area contributed by atoms with Gasteiger partial charge in [-0.3, -0.25) is 4.90 Å². The van der Waals surface area contributed by atoms with Gasteiger partial charge < -0.3 is 14.3 Å². The molecule has 1 saturated heterocycles. The zero-order valence-corrected chi connectivity index (χ0v) is 20.5. The lowest BCUT2D eigenvalue weighted by molar-refractivity contribution is -0.0129. The smallest absolute Gasteiger partial charge is 0.412 e. The predicted octanol–water partition coefficient (Wildman–Crippen LogP) is 3.89. The fourth-order valence-electron chi connectivity index (χ4n) is 4.32. The number of likely N-dealkylation sites (tertiary alicyclic amines) is 1. The first kappa shape index (κ1) is 23.5. The molecular weight excluding hydrogens is 406 g/mol. The van der Waals surface area contributed by atoms with Gasteiger partial charge in [0, 0.05) is 6.42 Å². The normalized spacial score (nSPS) is 20.0. The minimum absolute atomic E-state index is 0.167. The molecule has 1 aliphatic heterocycles. The van der Waals surface area contributed by atoms with Crippen LogP contribution in [0.3, 0.4) is 0 Å². The molecule has 0 saturated carbocycles. The molecule has 6 heteroatoms. The van der Waals surface area contributed by atoms with Gasteiger partial charge in [-0.2, -0.15) is 0 Å². The minimum atomic E-state index is -2.75. The number of amides is 1. The predicted molar refractivity (Wildman–Crippen MR) is 126 cm³/mol. The first-order chi connectivity index (χ1) is 14.4. The van der Waals surface area contributed by atoms with Crippen LogP contribution in [0.1, 0.15) is 48.0 Å². The second-order valence-electron chi connectivity index (χ2n) is 10.3. The Morgan fingerprint density at radius 3 is 1.84 bits per heavy atom. The highest BCUT2D eigenvalue weighted by Gasteiger charge is 2.53. The van der Waals surface area contributed by atoms with Crippen LogP contribution in [-0.2, 0) is 9.16 Å². The lowest BCUT2D eigenvalue weighted by atomic mass is 10.2. The van der Waals surface area contributed by atoms with E-state index in [1.54, 1.807) is 0 Å². The number of rotatable bonds is 4. The number of hydrogen-bond acceptors (Lipinski definition) is 4. The van der Waals surface area contributed by atoms with E-state index >= 15 is 0 Å².